The predicted octanol–water partition coefficient (Wildman–Crippen LogP) is 0.939. The van der Waals surface area contributed by atoms with E-state index in [9.17, 15) is 127 Å². The van der Waals surface area contributed by atoms with Crippen LogP contribution in [0.15, 0.2) is 0 Å². The zero-order valence-corrected chi connectivity index (χ0v) is 55.3. The maximum Gasteiger partial charge on any atom is 0.427 e. The summed E-state index contributed by atoms with van der Waals surface area (Å²) in [6.07, 6.45) is -32.8. The van der Waals surface area contributed by atoms with Crippen molar-refractivity contribution in [2.24, 2.45) is 28.7 Å². The average Bonchev–Trinajstić information content (AvgIpc) is 1.62. The van der Waals surface area contributed by atoms with Gasteiger partial charge < -0.3 is 78.3 Å². The van der Waals surface area contributed by atoms with E-state index in [1.54, 1.807) is 0 Å². The zero-order chi connectivity index (χ0) is 78.2. The van der Waals surface area contributed by atoms with E-state index in [2.05, 4.69) is 47.9 Å². The number of carbonyl (C=O) groups is 10. The third-order valence-electron chi connectivity index (χ3n) is 12.7. The van der Waals surface area contributed by atoms with Crippen LogP contribution >= 0.6 is 24.8 Å². The van der Waals surface area contributed by atoms with Gasteiger partial charge in [0.05, 0.1) is 12.8 Å². The van der Waals surface area contributed by atoms with Crippen LogP contribution in [0.4, 0.5) is 79.0 Å². The van der Waals surface area contributed by atoms with Crippen molar-refractivity contribution < 1.29 is 177 Å². The standard InChI is InChI=1S/2C8H12F3NO2.2C7H11F3N2O2.C5H8F3NO2.2C5H8O4.C4H7F3N2O2.2ClH/c2*1-5(13)7(8(9,10)11)4-12-6(2,3)14-7;2*1-5(2)12-3-6(14-5,4(11)13)7(8,9)10;1-3(10)4(11,2-9)5(6,7)8;2*1-3(6)4(7)2-5(8)9;5-4(6,7)3(11,1-8)2(9)10;;/h2*12H,4H2,1-3H3;2*12H,3H2,1-2H3,(H2,11,13);11H,2,9H2,1H3;2*4,7H,2H2,1H3,(H,8,9);11H,1,8H2,(H2,9,10);2*1H/t2*7-;2*6-;3*4-;3-;;/m10101100../s1. The van der Waals surface area contributed by atoms with Crippen molar-refractivity contribution in [2.75, 3.05) is 39.3 Å². The Balaban J connectivity index is -0.000000248. The van der Waals surface area contributed by atoms with Crippen LogP contribution in [-0.4, -0.2) is 234 Å². The van der Waals surface area contributed by atoms with Gasteiger partial charge in [-0.05, 0) is 90.0 Å². The number of hydrogen-bond acceptors (Lipinski definition) is 24. The minimum atomic E-state index is -5.12. The number of rotatable bonds is 14. The van der Waals surface area contributed by atoms with Crippen molar-refractivity contribution in [1.29, 1.82) is 0 Å². The maximum atomic E-state index is 12.6. The van der Waals surface area contributed by atoms with Gasteiger partial charge in [-0.1, -0.05) is 0 Å². The highest BCUT2D eigenvalue weighted by Gasteiger charge is 2.69. The van der Waals surface area contributed by atoms with Gasteiger partial charge in [0.25, 0.3) is 34.5 Å². The molecule has 49 heteroatoms. The minimum Gasteiger partial charge on any atom is -0.481 e. The Hall–Kier alpha value is -5.54. The molecule has 29 nitrogen and oxygen atoms in total. The molecular formula is C49H79Cl2F18N9O20. The molecule has 3 amide bonds. The minimum absolute atomic E-state index is 0. The first-order valence-corrected chi connectivity index (χ1v) is 26.3. The Bertz CT molecular complexity index is 2440. The van der Waals surface area contributed by atoms with Gasteiger partial charge in [0.1, 0.15) is 35.1 Å². The van der Waals surface area contributed by atoms with Crippen LogP contribution in [0.25, 0.3) is 0 Å². The summed E-state index contributed by atoms with van der Waals surface area (Å²) in [7, 11) is 0. The van der Waals surface area contributed by atoms with Crippen LogP contribution in [0.3, 0.4) is 0 Å². The van der Waals surface area contributed by atoms with E-state index >= 15 is 0 Å². The number of amides is 3. The van der Waals surface area contributed by atoms with Crippen LogP contribution in [0.2, 0.25) is 0 Å². The zero-order valence-electron chi connectivity index (χ0n) is 53.7. The first kappa shape index (κ1) is 103. The number of alkyl halides is 18. The number of aliphatic hydroxyl groups is 4. The number of aliphatic hydroxyl groups excluding tert-OH is 2. The predicted molar refractivity (Wildman–Crippen MR) is 300 cm³/mol. The average molecular weight is 1530 g/mol. The molecule has 4 aliphatic heterocycles. The van der Waals surface area contributed by atoms with Crippen LogP contribution in [0.5, 0.6) is 0 Å². The third kappa shape index (κ3) is 28.8. The normalized spacial score (nSPS) is 24.5. The van der Waals surface area contributed by atoms with Crippen molar-refractivity contribution in [2.45, 2.75) is 209 Å². The molecule has 8 atom stereocenters. The second-order valence-corrected chi connectivity index (χ2v) is 22.5. The lowest BCUT2D eigenvalue weighted by atomic mass is 9.99. The third-order valence-corrected chi connectivity index (χ3v) is 12.7. The highest BCUT2D eigenvalue weighted by Crippen LogP contribution is 2.44. The molecule has 4 aliphatic rings. The molecule has 0 unspecified atom stereocenters. The summed E-state index contributed by atoms with van der Waals surface area (Å²) >= 11 is 0. The summed E-state index contributed by atoms with van der Waals surface area (Å²) in [5.74, 6) is -11.8. The Morgan fingerprint density at radius 2 is 0.602 bits per heavy atom. The molecule has 0 aromatic carbocycles. The van der Waals surface area contributed by atoms with E-state index < -0.39 is 216 Å². The molecule has 0 saturated carbocycles. The van der Waals surface area contributed by atoms with E-state index in [4.69, 9.17) is 51.6 Å². The molecule has 0 aliphatic carbocycles. The topological polar surface area (TPSA) is 507 Å². The SMILES string of the molecule is CC(=O)[C@@H](O)CC(=O)O.CC(=O)[C@@]1(C(F)(F)F)CNC(C)(C)O1.CC(=O)[C@H](O)CC(=O)O.CC(=O)[C@](O)(CN)C(F)(F)F.CC(=O)[C@]1(C(F)(F)F)CNC(C)(C)O1.CC1(C)NC[C@@](C(N)=O)(C(F)(F)F)O1.CC1(C)NC[C@](C(N)=O)(C(F)(F)F)O1.Cl.Cl.NC[C@](O)(C(N)=O)C(F)(F)F. The first-order chi connectivity index (χ1) is 42.0. The Kier molecular flexibility index (Phi) is 38.9. The number of primary amides is 3. The lowest BCUT2D eigenvalue weighted by molar-refractivity contribution is -0.266. The van der Waals surface area contributed by atoms with Gasteiger partial charge in [0.15, 0.2) is 28.9 Å². The van der Waals surface area contributed by atoms with Crippen LogP contribution in [-0.2, 0) is 66.9 Å². The monoisotopic (exact) mass is 1530 g/mol. The van der Waals surface area contributed by atoms with Crippen LogP contribution in [0.1, 0.15) is 103 Å². The van der Waals surface area contributed by atoms with Crippen molar-refractivity contribution in [3.8, 4) is 0 Å². The molecule has 4 heterocycles. The van der Waals surface area contributed by atoms with Gasteiger partial charge in [0, 0.05) is 39.3 Å². The fraction of sp³-hybridized carbons (Fsp3) is 0.796. The van der Waals surface area contributed by atoms with Crippen molar-refractivity contribution in [3.63, 3.8) is 0 Å². The molecule has 4 fully saturated rings. The molecule has 0 aromatic heterocycles. The van der Waals surface area contributed by atoms with E-state index in [1.807, 2.05) is 0 Å². The smallest absolute Gasteiger partial charge is 0.427 e. The second-order valence-electron chi connectivity index (χ2n) is 22.5. The van der Waals surface area contributed by atoms with Gasteiger partial charge in [-0.3, -0.25) is 69.2 Å². The van der Waals surface area contributed by atoms with Gasteiger partial charge in [0.2, 0.25) is 16.8 Å². The molecule has 580 valence electrons. The number of carbonyl (C=O) groups excluding carboxylic acids is 8. The largest absolute Gasteiger partial charge is 0.481 e. The van der Waals surface area contributed by atoms with Crippen molar-refractivity contribution >= 4 is 83.4 Å². The number of nitrogens with one attached hydrogen (secondary N) is 4. The highest BCUT2D eigenvalue weighted by atomic mass is 35.5. The number of ketones is 5. The molecule has 0 radical (unpaired) electrons. The quantitative estimate of drug-likeness (QED) is 0.108. The summed E-state index contributed by atoms with van der Waals surface area (Å²) in [5.41, 5.74) is 0.0153. The lowest BCUT2D eigenvalue weighted by Crippen LogP contribution is -2.60. The number of nitrogens with two attached hydrogens (primary N) is 5. The van der Waals surface area contributed by atoms with Gasteiger partial charge in [-0.2, -0.15) is 79.0 Å². The summed E-state index contributed by atoms with van der Waals surface area (Å²) < 4.78 is 240. The fourth-order valence-electron chi connectivity index (χ4n) is 6.79. The molecule has 98 heavy (non-hydrogen) atoms. The van der Waals surface area contributed by atoms with Gasteiger partial charge in [-0.25, -0.2) is 0 Å². The molecular weight excluding hydrogens is 1450 g/mol. The summed E-state index contributed by atoms with van der Waals surface area (Å²) in [5, 5.41) is 60.2. The van der Waals surface area contributed by atoms with E-state index in [0.29, 0.717) is 6.92 Å². The number of aliphatic carboxylic acids is 2. The van der Waals surface area contributed by atoms with E-state index in [1.165, 1.54) is 55.4 Å². The van der Waals surface area contributed by atoms with Gasteiger partial charge in [-0.15, -0.1) is 24.8 Å². The van der Waals surface area contributed by atoms with Crippen LogP contribution < -0.4 is 49.9 Å². The second kappa shape index (κ2) is 36.9. The number of Topliss-reactive ketones (excluding diaryl/α,β-unsaturated/α-hetero) is 5. The summed E-state index contributed by atoms with van der Waals surface area (Å²) in [4.78, 5) is 104. The Morgan fingerprint density at radius 3 is 0.643 bits per heavy atom. The van der Waals surface area contributed by atoms with Gasteiger partial charge >= 0.3 is 49.0 Å². The highest BCUT2D eigenvalue weighted by molar-refractivity contribution is 5.89. The lowest BCUT2D eigenvalue weighted by Gasteiger charge is -2.29. The number of ether oxygens (including phenoxy) is 4. The fourth-order valence-corrected chi connectivity index (χ4v) is 6.79. The maximum absolute atomic E-state index is 12.6. The molecule has 0 bridgehead atoms. The first-order valence-electron chi connectivity index (χ1n) is 26.3. The number of carboxylic acid groups (broad SMARTS) is 2. The molecule has 20 N–H and O–H groups in total. The number of hydrogen-bond donors (Lipinski definition) is 15. The summed E-state index contributed by atoms with van der Waals surface area (Å²) in [6.45, 7) is 11.3. The number of halogens is 20. The Labute approximate surface area is 556 Å². The molecule has 4 saturated heterocycles. The molecule has 0 spiro atoms. The van der Waals surface area contributed by atoms with E-state index in [-0.39, 0.29) is 24.8 Å². The molecule has 4 rings (SSSR count). The van der Waals surface area contributed by atoms with Crippen molar-refractivity contribution in [3.05, 3.63) is 0 Å². The van der Waals surface area contributed by atoms with E-state index in [0.717, 1.165) is 27.7 Å². The van der Waals surface area contributed by atoms with Crippen LogP contribution in [0, 0.1) is 0 Å². The number of carboxylic acids is 2. The molecule has 0 aromatic rings. The summed E-state index contributed by atoms with van der Waals surface area (Å²) in [6, 6.07) is 0. The van der Waals surface area contributed by atoms with Crippen molar-refractivity contribution in [1.82, 2.24) is 21.3 Å². The Morgan fingerprint density at radius 1 is 0.408 bits per heavy atom.